The second-order valence-corrected chi connectivity index (χ2v) is 15.5. The van der Waals surface area contributed by atoms with Crippen LogP contribution in [0.2, 0.25) is 0 Å². The Morgan fingerprint density at radius 2 is 1.43 bits per heavy atom. The van der Waals surface area contributed by atoms with E-state index >= 15 is 0 Å². The van der Waals surface area contributed by atoms with E-state index in [1.807, 2.05) is 83.8 Å². The topological polar surface area (TPSA) is 86.4 Å². The Morgan fingerprint density at radius 3 is 2.08 bits per heavy atom. The third-order valence-corrected chi connectivity index (χ3v) is 10.3. The molecule has 5 aromatic carbocycles. The Morgan fingerprint density at radius 1 is 0.774 bits per heavy atom. The van der Waals surface area contributed by atoms with Gasteiger partial charge >= 0.3 is 0 Å². The van der Waals surface area contributed by atoms with Gasteiger partial charge in [0.15, 0.2) is 0 Å². The predicted molar refractivity (Wildman–Crippen MR) is 216 cm³/mol. The van der Waals surface area contributed by atoms with Crippen LogP contribution in [0.25, 0.3) is 21.9 Å². The standard InChI is InChI=1S/C46H49N3O3S/c1-7-9-11-22-49(23-12-10-8-2)45(50)33-17-13-19-38(26-33)52-42-28-36(46(3,4)5)25-34-24-35(30-47)41(31-48)43(44(34)42)32-16-14-20-39(27-32)53-40-21-15-18-37(29-40)51-6/h13-21,24-29H,7-12,22-23H2,1-6H3. The Kier molecular flexibility index (Phi) is 13.2. The highest BCUT2D eigenvalue weighted by atomic mass is 32.2. The number of hydrogen-bond donors (Lipinski definition) is 0. The molecule has 5 aromatic rings. The van der Waals surface area contributed by atoms with Crippen molar-refractivity contribution in [1.82, 2.24) is 4.90 Å². The largest absolute Gasteiger partial charge is 0.497 e. The zero-order valence-electron chi connectivity index (χ0n) is 31.8. The van der Waals surface area contributed by atoms with Crippen molar-refractivity contribution in [2.24, 2.45) is 0 Å². The maximum atomic E-state index is 13.9. The maximum absolute atomic E-state index is 13.9. The van der Waals surface area contributed by atoms with Crippen molar-refractivity contribution < 1.29 is 14.3 Å². The molecule has 0 radical (unpaired) electrons. The highest BCUT2D eigenvalue weighted by Crippen LogP contribution is 2.44. The van der Waals surface area contributed by atoms with Crippen LogP contribution in [0.5, 0.6) is 17.2 Å². The first-order valence-electron chi connectivity index (χ1n) is 18.5. The van der Waals surface area contributed by atoms with E-state index in [9.17, 15) is 15.3 Å². The van der Waals surface area contributed by atoms with Crippen molar-refractivity contribution in [1.29, 1.82) is 10.5 Å². The Labute approximate surface area is 319 Å². The molecule has 1 amide bonds. The van der Waals surface area contributed by atoms with Gasteiger partial charge < -0.3 is 14.4 Å². The van der Waals surface area contributed by atoms with Crippen LogP contribution in [0.3, 0.4) is 0 Å². The number of carbonyl (C=O) groups excluding carboxylic acids is 1. The Balaban J connectivity index is 1.64. The Hall–Kier alpha value is -5.24. The molecule has 272 valence electrons. The van der Waals surface area contributed by atoms with E-state index in [4.69, 9.17) is 9.47 Å². The monoisotopic (exact) mass is 723 g/mol. The number of amides is 1. The van der Waals surface area contributed by atoms with Gasteiger partial charge in [-0.05, 0) is 95.4 Å². The molecule has 0 saturated heterocycles. The highest BCUT2D eigenvalue weighted by molar-refractivity contribution is 7.99. The van der Waals surface area contributed by atoms with Crippen molar-refractivity contribution in [2.75, 3.05) is 20.2 Å². The van der Waals surface area contributed by atoms with Crippen LogP contribution in [-0.4, -0.2) is 31.0 Å². The lowest BCUT2D eigenvalue weighted by Gasteiger charge is -2.24. The van der Waals surface area contributed by atoms with E-state index in [0.717, 1.165) is 89.1 Å². The number of unbranched alkanes of at least 4 members (excludes halogenated alkanes) is 4. The quantitative estimate of drug-likeness (QED) is 0.1000. The van der Waals surface area contributed by atoms with Crippen molar-refractivity contribution in [3.05, 3.63) is 113 Å². The molecule has 0 aliphatic carbocycles. The summed E-state index contributed by atoms with van der Waals surface area (Å²) in [4.78, 5) is 17.9. The van der Waals surface area contributed by atoms with Crippen LogP contribution in [-0.2, 0) is 5.41 Å². The lowest BCUT2D eigenvalue weighted by atomic mass is 9.83. The number of benzene rings is 5. The van der Waals surface area contributed by atoms with Gasteiger partial charge in [-0.25, -0.2) is 0 Å². The second-order valence-electron chi connectivity index (χ2n) is 14.4. The predicted octanol–water partition coefficient (Wildman–Crippen LogP) is 12.3. The zero-order valence-corrected chi connectivity index (χ0v) is 32.6. The number of methoxy groups -OCH3 is 1. The molecular weight excluding hydrogens is 675 g/mol. The third-order valence-electron chi connectivity index (χ3n) is 9.36. The summed E-state index contributed by atoms with van der Waals surface area (Å²) in [6.07, 6.45) is 6.31. The first-order chi connectivity index (χ1) is 25.6. The molecule has 5 rings (SSSR count). The number of rotatable bonds is 15. The van der Waals surface area contributed by atoms with Crippen molar-refractivity contribution in [3.8, 4) is 40.5 Å². The van der Waals surface area contributed by atoms with Gasteiger partial charge in [-0.1, -0.05) is 102 Å². The molecule has 0 aliphatic rings. The smallest absolute Gasteiger partial charge is 0.253 e. The average Bonchev–Trinajstić information content (AvgIpc) is 3.16. The van der Waals surface area contributed by atoms with Crippen LogP contribution in [0.15, 0.2) is 101 Å². The van der Waals surface area contributed by atoms with Gasteiger partial charge in [0.05, 0.1) is 18.2 Å². The summed E-state index contributed by atoms with van der Waals surface area (Å²) < 4.78 is 12.2. The minimum Gasteiger partial charge on any atom is -0.497 e. The van der Waals surface area contributed by atoms with Gasteiger partial charge in [0, 0.05) is 39.4 Å². The van der Waals surface area contributed by atoms with Crippen LogP contribution in [0, 0.1) is 22.7 Å². The molecule has 0 fully saturated rings. The molecule has 0 aliphatic heterocycles. The first kappa shape index (κ1) is 39.0. The fraction of sp³-hybridized carbons (Fsp3) is 0.326. The van der Waals surface area contributed by atoms with Gasteiger partial charge in [0.2, 0.25) is 0 Å². The van der Waals surface area contributed by atoms with E-state index in [-0.39, 0.29) is 16.9 Å². The fourth-order valence-electron chi connectivity index (χ4n) is 6.45. The van der Waals surface area contributed by atoms with Crippen molar-refractivity contribution in [2.45, 2.75) is 88.3 Å². The summed E-state index contributed by atoms with van der Waals surface area (Å²) in [6, 6.07) is 33.9. The number of nitriles is 2. The van der Waals surface area contributed by atoms with Crippen molar-refractivity contribution >= 4 is 28.4 Å². The minimum absolute atomic E-state index is 0.00688. The summed E-state index contributed by atoms with van der Waals surface area (Å²) in [5.74, 6) is 1.86. The summed E-state index contributed by atoms with van der Waals surface area (Å²) in [7, 11) is 1.65. The highest BCUT2D eigenvalue weighted by Gasteiger charge is 2.24. The first-order valence-corrected chi connectivity index (χ1v) is 19.4. The van der Waals surface area contributed by atoms with E-state index in [0.29, 0.717) is 28.2 Å². The molecule has 0 spiro atoms. The van der Waals surface area contributed by atoms with Gasteiger partial charge in [-0.15, -0.1) is 0 Å². The molecule has 0 unspecified atom stereocenters. The van der Waals surface area contributed by atoms with Crippen LogP contribution in [0.4, 0.5) is 0 Å². The minimum atomic E-state index is -0.240. The van der Waals surface area contributed by atoms with Crippen molar-refractivity contribution in [3.63, 3.8) is 0 Å². The third kappa shape index (κ3) is 9.60. The van der Waals surface area contributed by atoms with Gasteiger partial charge in [-0.3, -0.25) is 4.79 Å². The lowest BCUT2D eigenvalue weighted by Crippen LogP contribution is -2.33. The zero-order chi connectivity index (χ0) is 38.0. The number of ether oxygens (including phenoxy) is 2. The van der Waals surface area contributed by atoms with E-state index in [2.05, 4.69) is 52.8 Å². The lowest BCUT2D eigenvalue weighted by molar-refractivity contribution is 0.0749. The second kappa shape index (κ2) is 18.0. The molecule has 0 aromatic heterocycles. The van der Waals surface area contributed by atoms with Gasteiger partial charge in [-0.2, -0.15) is 10.5 Å². The number of hydrogen-bond acceptors (Lipinski definition) is 6. The van der Waals surface area contributed by atoms with Gasteiger partial charge in [0.25, 0.3) is 5.91 Å². The molecule has 0 saturated carbocycles. The fourth-order valence-corrected chi connectivity index (χ4v) is 7.38. The summed E-state index contributed by atoms with van der Waals surface area (Å²) in [6.45, 7) is 12.2. The molecule has 53 heavy (non-hydrogen) atoms. The summed E-state index contributed by atoms with van der Waals surface area (Å²) in [5.41, 5.74) is 3.38. The molecule has 0 N–H and O–H groups in total. The molecule has 0 bridgehead atoms. The number of fused-ring (bicyclic) bond motifs is 1. The SMILES string of the molecule is CCCCCN(CCCCC)C(=O)c1cccc(Oc2cc(C(C)(C)C)cc3cc(C#N)c(C#N)c(-c4cccc(Sc5cccc(OC)c5)c4)c23)c1. The van der Waals surface area contributed by atoms with Gasteiger partial charge in [0.1, 0.15) is 29.4 Å². The summed E-state index contributed by atoms with van der Waals surface area (Å²) in [5, 5.41) is 22.4. The Bertz CT molecular complexity index is 2150. The van der Waals surface area contributed by atoms with Crippen LogP contribution >= 0.6 is 11.8 Å². The normalized spacial score (nSPS) is 11.2. The number of nitrogens with zero attached hydrogens (tertiary/aromatic N) is 3. The molecule has 7 heteroatoms. The molecular formula is C46H49N3O3S. The average molecular weight is 724 g/mol. The maximum Gasteiger partial charge on any atom is 0.253 e. The summed E-state index contributed by atoms with van der Waals surface area (Å²) >= 11 is 1.59. The number of carbonyl (C=O) groups is 1. The molecule has 6 nitrogen and oxygen atoms in total. The van der Waals surface area contributed by atoms with Crippen LogP contribution in [0.1, 0.15) is 100 Å². The molecule has 0 heterocycles. The van der Waals surface area contributed by atoms with E-state index in [1.165, 1.54) is 0 Å². The van der Waals surface area contributed by atoms with E-state index in [1.54, 1.807) is 24.9 Å². The van der Waals surface area contributed by atoms with E-state index < -0.39 is 0 Å². The molecule has 0 atom stereocenters. The van der Waals surface area contributed by atoms with Crippen LogP contribution < -0.4 is 9.47 Å².